The van der Waals surface area contributed by atoms with Gasteiger partial charge in [-0.1, -0.05) is 31.6 Å². The third-order valence-electron chi connectivity index (χ3n) is 4.17. The van der Waals surface area contributed by atoms with E-state index in [1.807, 2.05) is 39.8 Å². The summed E-state index contributed by atoms with van der Waals surface area (Å²) in [6, 6.07) is 3.62. The molecule has 0 fully saturated rings. The Morgan fingerprint density at radius 1 is 1.38 bits per heavy atom. The first-order valence-corrected chi connectivity index (χ1v) is 7.85. The van der Waals surface area contributed by atoms with Crippen molar-refractivity contribution >= 4 is 11.0 Å². The van der Waals surface area contributed by atoms with Gasteiger partial charge in [-0.25, -0.2) is 4.79 Å². The molecule has 0 unspecified atom stereocenters. The second kappa shape index (κ2) is 6.56. The summed E-state index contributed by atoms with van der Waals surface area (Å²) < 4.78 is 10.7. The van der Waals surface area contributed by atoms with Crippen molar-refractivity contribution in [2.75, 3.05) is 7.11 Å². The minimum Gasteiger partial charge on any atom is -0.504 e. The van der Waals surface area contributed by atoms with E-state index >= 15 is 0 Å². The van der Waals surface area contributed by atoms with E-state index < -0.39 is 11.0 Å². The lowest BCUT2D eigenvalue weighted by Crippen LogP contribution is -2.22. The summed E-state index contributed by atoms with van der Waals surface area (Å²) in [7, 11) is 1.45. The van der Waals surface area contributed by atoms with Gasteiger partial charge in [0, 0.05) is 21.9 Å². The zero-order valence-electron chi connectivity index (χ0n) is 14.9. The standard InChI is InChI=1S/C20H24O4/c1-7-20(4,5)15-11-14-10-13(9-8-12(2)3)16(21)18(23-6)17(14)24-19(15)22/h7-8,10-11,21H,1,9H2,2-6H3. The number of aromatic hydroxyl groups is 1. The van der Waals surface area contributed by atoms with Crippen LogP contribution in [-0.4, -0.2) is 12.2 Å². The van der Waals surface area contributed by atoms with Crippen LogP contribution in [0.25, 0.3) is 11.0 Å². The van der Waals surface area contributed by atoms with Crippen molar-refractivity contribution in [2.45, 2.75) is 39.5 Å². The fraction of sp³-hybridized carbons (Fsp3) is 0.350. The lowest BCUT2D eigenvalue weighted by molar-refractivity contribution is 0.366. The first kappa shape index (κ1) is 17.9. The van der Waals surface area contributed by atoms with E-state index in [1.54, 1.807) is 12.1 Å². The second-order valence-electron chi connectivity index (χ2n) is 6.69. The molecule has 0 radical (unpaired) electrons. The summed E-state index contributed by atoms with van der Waals surface area (Å²) in [5.74, 6) is 0.186. The fourth-order valence-corrected chi connectivity index (χ4v) is 2.50. The number of hydrogen-bond acceptors (Lipinski definition) is 4. The maximum Gasteiger partial charge on any atom is 0.340 e. The Balaban J connectivity index is 2.79. The monoisotopic (exact) mass is 328 g/mol. The van der Waals surface area contributed by atoms with Crippen LogP contribution < -0.4 is 10.4 Å². The minimum absolute atomic E-state index is 0.00128. The Labute approximate surface area is 142 Å². The van der Waals surface area contributed by atoms with Crippen molar-refractivity contribution < 1.29 is 14.3 Å². The molecule has 0 aliphatic heterocycles. The van der Waals surface area contributed by atoms with Gasteiger partial charge in [0.05, 0.1) is 7.11 Å². The third kappa shape index (κ3) is 3.23. The first-order valence-electron chi connectivity index (χ1n) is 7.85. The van der Waals surface area contributed by atoms with Gasteiger partial charge >= 0.3 is 5.63 Å². The molecule has 0 bridgehead atoms. The van der Waals surface area contributed by atoms with Crippen LogP contribution in [0.15, 0.2) is 45.6 Å². The molecule has 2 aromatic rings. The largest absolute Gasteiger partial charge is 0.504 e. The van der Waals surface area contributed by atoms with Crippen molar-refractivity contribution in [3.8, 4) is 11.5 Å². The molecule has 0 aliphatic carbocycles. The number of benzene rings is 1. The molecule has 0 aliphatic rings. The molecule has 4 heteroatoms. The van der Waals surface area contributed by atoms with E-state index in [1.165, 1.54) is 7.11 Å². The molecule has 1 aromatic heterocycles. The summed E-state index contributed by atoms with van der Waals surface area (Å²) in [6.07, 6.45) is 4.31. The summed E-state index contributed by atoms with van der Waals surface area (Å²) in [5.41, 5.74) is 1.68. The fourth-order valence-electron chi connectivity index (χ4n) is 2.50. The van der Waals surface area contributed by atoms with E-state index in [4.69, 9.17) is 9.15 Å². The second-order valence-corrected chi connectivity index (χ2v) is 6.69. The van der Waals surface area contributed by atoms with Crippen molar-refractivity contribution in [1.29, 1.82) is 0 Å². The average Bonchev–Trinajstić information content (AvgIpc) is 2.52. The zero-order valence-corrected chi connectivity index (χ0v) is 14.9. The van der Waals surface area contributed by atoms with Crippen LogP contribution in [0.1, 0.15) is 38.8 Å². The molecule has 24 heavy (non-hydrogen) atoms. The number of hydrogen-bond donors (Lipinski definition) is 1. The molecule has 0 spiro atoms. The molecule has 0 atom stereocenters. The number of methoxy groups -OCH3 is 1. The van der Waals surface area contributed by atoms with E-state index in [0.717, 1.165) is 11.1 Å². The summed E-state index contributed by atoms with van der Waals surface area (Å²) >= 11 is 0. The summed E-state index contributed by atoms with van der Waals surface area (Å²) in [6.45, 7) is 11.6. The highest BCUT2D eigenvalue weighted by Crippen LogP contribution is 2.39. The first-order chi connectivity index (χ1) is 11.2. The van der Waals surface area contributed by atoms with Crippen LogP contribution >= 0.6 is 0 Å². The quantitative estimate of drug-likeness (QED) is 0.649. The molecule has 0 saturated carbocycles. The molecule has 4 nitrogen and oxygen atoms in total. The molecule has 0 amide bonds. The van der Waals surface area contributed by atoms with Crippen molar-refractivity contribution in [2.24, 2.45) is 0 Å². The van der Waals surface area contributed by atoms with Gasteiger partial charge in [0.15, 0.2) is 11.3 Å². The number of phenolic OH excluding ortho intramolecular Hbond substituents is 1. The predicted octanol–water partition coefficient (Wildman–Crippen LogP) is 4.48. The van der Waals surface area contributed by atoms with E-state index in [2.05, 4.69) is 6.58 Å². The number of ether oxygens (including phenoxy) is 1. The SMILES string of the molecule is C=CC(C)(C)c1cc2cc(CC=C(C)C)c(O)c(OC)c2oc1=O. The van der Waals surface area contributed by atoms with Gasteiger partial charge in [-0.05, 0) is 32.4 Å². The Bertz CT molecular complexity index is 865. The van der Waals surface area contributed by atoms with Gasteiger partial charge in [0.2, 0.25) is 5.75 Å². The van der Waals surface area contributed by atoms with Crippen LogP contribution in [-0.2, 0) is 11.8 Å². The van der Waals surface area contributed by atoms with Crippen molar-refractivity contribution in [3.05, 3.63) is 58.0 Å². The van der Waals surface area contributed by atoms with Crippen LogP contribution in [0.3, 0.4) is 0 Å². The molecule has 2 rings (SSSR count). The molecule has 1 N–H and O–H groups in total. The van der Waals surface area contributed by atoms with Crippen LogP contribution in [0, 0.1) is 0 Å². The summed E-state index contributed by atoms with van der Waals surface area (Å²) in [5, 5.41) is 11.1. The average molecular weight is 328 g/mol. The lowest BCUT2D eigenvalue weighted by atomic mass is 9.85. The number of phenols is 1. The topological polar surface area (TPSA) is 59.7 Å². The van der Waals surface area contributed by atoms with Crippen LogP contribution in [0.4, 0.5) is 0 Å². The van der Waals surface area contributed by atoms with Gasteiger partial charge in [-0.2, -0.15) is 0 Å². The van der Waals surface area contributed by atoms with Gasteiger partial charge in [0.1, 0.15) is 0 Å². The Hall–Kier alpha value is -2.49. The molecular weight excluding hydrogens is 304 g/mol. The summed E-state index contributed by atoms with van der Waals surface area (Å²) in [4.78, 5) is 12.4. The molecular formula is C20H24O4. The number of rotatable bonds is 5. The maximum atomic E-state index is 12.4. The molecule has 1 aromatic carbocycles. The van der Waals surface area contributed by atoms with Crippen LogP contribution in [0.5, 0.6) is 11.5 Å². The van der Waals surface area contributed by atoms with Gasteiger partial charge in [-0.3, -0.25) is 0 Å². The van der Waals surface area contributed by atoms with Crippen molar-refractivity contribution in [3.63, 3.8) is 0 Å². The maximum absolute atomic E-state index is 12.4. The van der Waals surface area contributed by atoms with E-state index in [9.17, 15) is 9.90 Å². The highest BCUT2D eigenvalue weighted by atomic mass is 16.5. The molecule has 128 valence electrons. The Kier molecular flexibility index (Phi) is 4.88. The Morgan fingerprint density at radius 2 is 2.04 bits per heavy atom. The number of allylic oxidation sites excluding steroid dienone is 3. The van der Waals surface area contributed by atoms with Gasteiger partial charge in [-0.15, -0.1) is 6.58 Å². The van der Waals surface area contributed by atoms with Crippen molar-refractivity contribution in [1.82, 2.24) is 0 Å². The Morgan fingerprint density at radius 3 is 2.58 bits per heavy atom. The lowest BCUT2D eigenvalue weighted by Gasteiger charge is -2.19. The zero-order chi connectivity index (χ0) is 18.1. The highest BCUT2D eigenvalue weighted by molar-refractivity contribution is 5.87. The number of fused-ring (bicyclic) bond motifs is 1. The van der Waals surface area contributed by atoms with E-state index in [0.29, 0.717) is 17.4 Å². The predicted molar refractivity (Wildman–Crippen MR) is 97.1 cm³/mol. The van der Waals surface area contributed by atoms with Gasteiger partial charge in [0.25, 0.3) is 0 Å². The van der Waals surface area contributed by atoms with E-state index in [-0.39, 0.29) is 17.1 Å². The van der Waals surface area contributed by atoms with Gasteiger partial charge < -0.3 is 14.3 Å². The molecule has 0 saturated heterocycles. The minimum atomic E-state index is -0.514. The smallest absolute Gasteiger partial charge is 0.340 e. The normalized spacial score (nSPS) is 11.4. The molecule has 1 heterocycles. The van der Waals surface area contributed by atoms with Crippen LogP contribution in [0.2, 0.25) is 0 Å². The third-order valence-corrected chi connectivity index (χ3v) is 4.17. The highest BCUT2D eigenvalue weighted by Gasteiger charge is 2.24.